The van der Waals surface area contributed by atoms with E-state index in [1.807, 2.05) is 32.9 Å². The summed E-state index contributed by atoms with van der Waals surface area (Å²) in [7, 11) is -3.45. The predicted octanol–water partition coefficient (Wildman–Crippen LogP) is 2.08. The van der Waals surface area contributed by atoms with Gasteiger partial charge in [0.1, 0.15) is 0 Å². The second-order valence-corrected chi connectivity index (χ2v) is 7.56. The highest BCUT2D eigenvalue weighted by molar-refractivity contribution is 7.89. The molecule has 1 fully saturated rings. The molecule has 0 amide bonds. The molecule has 1 N–H and O–H groups in total. The van der Waals surface area contributed by atoms with E-state index >= 15 is 0 Å². The van der Waals surface area contributed by atoms with Crippen LogP contribution in [0, 0.1) is 19.8 Å². The van der Waals surface area contributed by atoms with Gasteiger partial charge in [-0.05, 0) is 44.2 Å². The summed E-state index contributed by atoms with van der Waals surface area (Å²) in [5, 5.41) is 9.89. The van der Waals surface area contributed by atoms with Gasteiger partial charge in [0.05, 0.1) is 11.0 Å². The Kier molecular flexibility index (Phi) is 4.52. The van der Waals surface area contributed by atoms with Crippen LogP contribution in [0.1, 0.15) is 30.9 Å². The lowest BCUT2D eigenvalue weighted by atomic mass is 9.94. The standard InChI is InChI=1S/C15H23NO3S/c1-4-13-10-16(8-7-14(13)17)20(18,19)15-6-5-11(2)9-12(15)3/h5-6,9,13-14,17H,4,7-8,10H2,1-3H3. The summed E-state index contributed by atoms with van der Waals surface area (Å²) in [4.78, 5) is 0.384. The minimum Gasteiger partial charge on any atom is -0.393 e. The van der Waals surface area contributed by atoms with Crippen LogP contribution in [-0.2, 0) is 10.0 Å². The molecule has 1 heterocycles. The highest BCUT2D eigenvalue weighted by Crippen LogP contribution is 2.27. The van der Waals surface area contributed by atoms with Gasteiger partial charge in [-0.25, -0.2) is 8.42 Å². The van der Waals surface area contributed by atoms with Crippen LogP contribution in [0.3, 0.4) is 0 Å². The maximum absolute atomic E-state index is 12.7. The monoisotopic (exact) mass is 297 g/mol. The first-order chi connectivity index (χ1) is 9.36. The zero-order valence-corrected chi connectivity index (χ0v) is 13.2. The zero-order valence-electron chi connectivity index (χ0n) is 12.3. The van der Waals surface area contributed by atoms with Crippen molar-refractivity contribution in [3.63, 3.8) is 0 Å². The average molecular weight is 297 g/mol. The molecule has 1 aliphatic heterocycles. The third-order valence-electron chi connectivity index (χ3n) is 4.13. The van der Waals surface area contributed by atoms with Crippen LogP contribution in [-0.4, -0.2) is 37.0 Å². The fourth-order valence-electron chi connectivity index (χ4n) is 2.83. The van der Waals surface area contributed by atoms with Crippen molar-refractivity contribution in [2.45, 2.75) is 44.6 Å². The summed E-state index contributed by atoms with van der Waals surface area (Å²) in [6.07, 6.45) is 0.925. The van der Waals surface area contributed by atoms with Crippen LogP contribution in [0.2, 0.25) is 0 Å². The van der Waals surface area contributed by atoms with Gasteiger partial charge in [0.2, 0.25) is 10.0 Å². The molecule has 1 aromatic carbocycles. The molecule has 0 aromatic heterocycles. The topological polar surface area (TPSA) is 57.6 Å². The van der Waals surface area contributed by atoms with Crippen LogP contribution in [0.4, 0.5) is 0 Å². The van der Waals surface area contributed by atoms with Crippen LogP contribution in [0.25, 0.3) is 0 Å². The Bertz CT molecular complexity index is 583. The summed E-state index contributed by atoms with van der Waals surface area (Å²) >= 11 is 0. The molecule has 0 bridgehead atoms. The predicted molar refractivity (Wildman–Crippen MR) is 79.1 cm³/mol. The van der Waals surface area contributed by atoms with Crippen LogP contribution in [0.15, 0.2) is 23.1 Å². The Morgan fingerprint density at radius 3 is 2.65 bits per heavy atom. The van der Waals surface area contributed by atoms with Crippen molar-refractivity contribution >= 4 is 10.0 Å². The summed E-state index contributed by atoms with van der Waals surface area (Å²) in [6, 6.07) is 5.41. The van der Waals surface area contributed by atoms with Gasteiger partial charge in [0.25, 0.3) is 0 Å². The van der Waals surface area contributed by atoms with Gasteiger partial charge < -0.3 is 5.11 Å². The van der Waals surface area contributed by atoms with Gasteiger partial charge in [-0.3, -0.25) is 0 Å². The van der Waals surface area contributed by atoms with Gasteiger partial charge in [-0.1, -0.05) is 24.6 Å². The van der Waals surface area contributed by atoms with E-state index < -0.39 is 10.0 Å². The van der Waals surface area contributed by atoms with Crippen molar-refractivity contribution in [1.82, 2.24) is 4.31 Å². The molecule has 1 aromatic rings. The minimum absolute atomic E-state index is 0.0317. The molecule has 1 aliphatic rings. The van der Waals surface area contributed by atoms with Crippen LogP contribution in [0.5, 0.6) is 0 Å². The number of hydrogen-bond acceptors (Lipinski definition) is 3. The van der Waals surface area contributed by atoms with Crippen molar-refractivity contribution in [3.8, 4) is 0 Å². The number of sulfonamides is 1. The third kappa shape index (κ3) is 2.90. The molecule has 0 aliphatic carbocycles. The number of nitrogens with zero attached hydrogens (tertiary/aromatic N) is 1. The van der Waals surface area contributed by atoms with Crippen molar-refractivity contribution in [2.24, 2.45) is 5.92 Å². The summed E-state index contributed by atoms with van der Waals surface area (Å²) in [5.74, 6) is 0.0317. The van der Waals surface area contributed by atoms with E-state index in [1.165, 1.54) is 4.31 Å². The molecule has 0 radical (unpaired) electrons. The first-order valence-electron chi connectivity index (χ1n) is 7.11. The summed E-state index contributed by atoms with van der Waals surface area (Å²) in [6.45, 7) is 6.57. The fourth-order valence-corrected chi connectivity index (χ4v) is 4.55. The smallest absolute Gasteiger partial charge is 0.243 e. The number of benzene rings is 1. The molecule has 0 spiro atoms. The highest BCUT2D eigenvalue weighted by atomic mass is 32.2. The molecule has 4 nitrogen and oxygen atoms in total. The van der Waals surface area contributed by atoms with Crippen molar-refractivity contribution < 1.29 is 13.5 Å². The van der Waals surface area contributed by atoms with Gasteiger partial charge in [0.15, 0.2) is 0 Å². The number of piperidine rings is 1. The number of hydrogen-bond donors (Lipinski definition) is 1. The lowest BCUT2D eigenvalue weighted by Crippen LogP contribution is -2.45. The van der Waals surface area contributed by atoms with E-state index in [0.717, 1.165) is 17.5 Å². The van der Waals surface area contributed by atoms with Gasteiger partial charge in [-0.15, -0.1) is 0 Å². The molecule has 1 saturated heterocycles. The molecular formula is C15H23NO3S. The maximum atomic E-state index is 12.7. The molecular weight excluding hydrogens is 274 g/mol. The Balaban J connectivity index is 2.31. The van der Waals surface area contributed by atoms with Crippen molar-refractivity contribution in [2.75, 3.05) is 13.1 Å². The Morgan fingerprint density at radius 1 is 1.35 bits per heavy atom. The van der Waals surface area contributed by atoms with Gasteiger partial charge >= 0.3 is 0 Å². The lowest BCUT2D eigenvalue weighted by Gasteiger charge is -2.35. The van der Waals surface area contributed by atoms with Crippen molar-refractivity contribution in [1.29, 1.82) is 0 Å². The average Bonchev–Trinajstić information content (AvgIpc) is 2.38. The van der Waals surface area contributed by atoms with Gasteiger partial charge in [-0.2, -0.15) is 4.31 Å². The minimum atomic E-state index is -3.45. The number of aliphatic hydroxyl groups is 1. The first kappa shape index (κ1) is 15.5. The van der Waals surface area contributed by atoms with Crippen LogP contribution < -0.4 is 0 Å². The molecule has 2 atom stereocenters. The second-order valence-electron chi connectivity index (χ2n) is 5.66. The van der Waals surface area contributed by atoms with E-state index in [-0.39, 0.29) is 12.0 Å². The first-order valence-corrected chi connectivity index (χ1v) is 8.55. The highest BCUT2D eigenvalue weighted by Gasteiger charge is 2.34. The maximum Gasteiger partial charge on any atom is 0.243 e. The SMILES string of the molecule is CCC1CN(S(=O)(=O)c2ccc(C)cc2C)CCC1O. The number of rotatable bonds is 3. The van der Waals surface area contributed by atoms with E-state index in [2.05, 4.69) is 0 Å². The summed E-state index contributed by atoms with van der Waals surface area (Å²) < 4.78 is 27.0. The normalized spacial score (nSPS) is 24.8. The lowest BCUT2D eigenvalue weighted by molar-refractivity contribution is 0.0520. The Hall–Kier alpha value is -0.910. The van der Waals surface area contributed by atoms with E-state index in [9.17, 15) is 13.5 Å². The number of aryl methyl sites for hydroxylation is 2. The number of aliphatic hydroxyl groups excluding tert-OH is 1. The molecule has 20 heavy (non-hydrogen) atoms. The van der Waals surface area contributed by atoms with E-state index in [4.69, 9.17) is 0 Å². The third-order valence-corrected chi connectivity index (χ3v) is 6.15. The Morgan fingerprint density at radius 2 is 2.05 bits per heavy atom. The second kappa shape index (κ2) is 5.84. The summed E-state index contributed by atoms with van der Waals surface area (Å²) in [5.41, 5.74) is 1.84. The molecule has 0 saturated carbocycles. The fraction of sp³-hybridized carbons (Fsp3) is 0.600. The molecule has 2 unspecified atom stereocenters. The zero-order chi connectivity index (χ0) is 14.9. The van der Waals surface area contributed by atoms with Gasteiger partial charge in [0, 0.05) is 13.1 Å². The molecule has 112 valence electrons. The Labute approximate surface area is 121 Å². The van der Waals surface area contributed by atoms with E-state index in [0.29, 0.717) is 24.4 Å². The van der Waals surface area contributed by atoms with E-state index in [1.54, 1.807) is 6.07 Å². The largest absolute Gasteiger partial charge is 0.393 e. The molecule has 5 heteroatoms. The van der Waals surface area contributed by atoms with Crippen molar-refractivity contribution in [3.05, 3.63) is 29.3 Å². The quantitative estimate of drug-likeness (QED) is 0.929. The molecule has 2 rings (SSSR count). The van der Waals surface area contributed by atoms with Crippen LogP contribution >= 0.6 is 0 Å².